The van der Waals surface area contributed by atoms with Gasteiger partial charge in [0.1, 0.15) is 11.6 Å². The van der Waals surface area contributed by atoms with Gasteiger partial charge < -0.3 is 11.1 Å². The fraction of sp³-hybridized carbons (Fsp3) is 0.312. The molecule has 6 nitrogen and oxygen atoms in total. The maximum atomic E-state index is 15.8. The average Bonchev–Trinajstić information content (AvgIpc) is 3.35. The van der Waals surface area contributed by atoms with Gasteiger partial charge >= 0.3 is 18.4 Å². The molecule has 3 N–H and O–H groups in total. The summed E-state index contributed by atoms with van der Waals surface area (Å²) < 4.78 is 115. The fourth-order valence-corrected chi connectivity index (χ4v) is 5.86. The van der Waals surface area contributed by atoms with Gasteiger partial charge in [-0.25, -0.2) is 18.3 Å². The van der Waals surface area contributed by atoms with Crippen LogP contribution in [0.4, 0.5) is 45.6 Å². The van der Waals surface area contributed by atoms with Crippen LogP contribution < -0.4 is 11.1 Å². The quantitative estimate of drug-likeness (QED) is 0.199. The Balaban J connectivity index is 1.67. The van der Waals surface area contributed by atoms with Crippen LogP contribution >= 0.6 is 0 Å². The highest BCUT2D eigenvalue weighted by atomic mass is 19.4. The summed E-state index contributed by atoms with van der Waals surface area (Å²) in [7, 11) is 0. The van der Waals surface area contributed by atoms with Gasteiger partial charge in [-0.05, 0) is 53.8 Å². The van der Waals surface area contributed by atoms with Crippen LogP contribution in [-0.2, 0) is 44.7 Å². The van der Waals surface area contributed by atoms with E-state index < -0.39 is 58.9 Å². The third-order valence-electron chi connectivity index (χ3n) is 7.99. The summed E-state index contributed by atoms with van der Waals surface area (Å²) in [6, 6.07) is 7.45. The molecule has 0 atom stereocenters. The van der Waals surface area contributed by atoms with E-state index in [0.717, 1.165) is 23.3 Å². The summed E-state index contributed by atoms with van der Waals surface area (Å²) in [6.45, 7) is 3.37. The number of carbonyl (C=O) groups excluding carboxylic acids is 1. The summed E-state index contributed by atoms with van der Waals surface area (Å²) in [5.41, 5.74) is 4.73. The second-order valence-corrected chi connectivity index (χ2v) is 10.9. The molecule has 0 spiro atoms. The van der Waals surface area contributed by atoms with E-state index in [4.69, 9.17) is 10.8 Å². The predicted octanol–water partition coefficient (Wildman–Crippen LogP) is 8.03. The summed E-state index contributed by atoms with van der Waals surface area (Å²) in [6.07, 6.45) is -8.46. The normalized spacial score (nSPS) is 14.0. The lowest BCUT2D eigenvalue weighted by Crippen LogP contribution is -2.31. The van der Waals surface area contributed by atoms with Gasteiger partial charge in [0.25, 0.3) is 0 Å². The molecule has 0 saturated carbocycles. The number of aryl methyl sites for hydroxylation is 2. The number of fused-ring (bicyclic) bond motifs is 1. The standard InChI is InChI=1S/C32H29F8N5O/c1-3-17-6-5-7-18(4-2)28(17)45-29(21-13-25(34)27(14-24(21)33)42-30(41)46)22-16-44(11-10-26(22)43-45)15-19-12-20(31(35,36)37)8-9-23(19)32(38,39)40/h5-9,12-14H,3-4,10-11,15-16H2,1-2H3,(H3,41,42,46). The highest BCUT2D eigenvalue weighted by Crippen LogP contribution is 2.40. The number of primary amides is 1. The molecule has 2 amide bonds. The number of urea groups is 1. The molecule has 0 unspecified atom stereocenters. The molecule has 2 heterocycles. The number of carbonyl (C=O) groups is 1. The topological polar surface area (TPSA) is 76.2 Å². The molecular weight excluding hydrogens is 622 g/mol. The first kappa shape index (κ1) is 32.9. The summed E-state index contributed by atoms with van der Waals surface area (Å²) in [5, 5.41) is 6.80. The van der Waals surface area contributed by atoms with E-state index in [-0.39, 0.29) is 30.8 Å². The van der Waals surface area contributed by atoms with Crippen molar-refractivity contribution in [2.45, 2.75) is 58.6 Å². The van der Waals surface area contributed by atoms with E-state index in [9.17, 15) is 31.1 Å². The van der Waals surface area contributed by atoms with Crippen LogP contribution in [0.1, 0.15) is 52.9 Å². The van der Waals surface area contributed by atoms with E-state index in [0.29, 0.717) is 48.0 Å². The first-order valence-corrected chi connectivity index (χ1v) is 14.4. The van der Waals surface area contributed by atoms with Crippen molar-refractivity contribution in [3.05, 3.63) is 99.2 Å². The van der Waals surface area contributed by atoms with Gasteiger partial charge in [-0.3, -0.25) is 4.90 Å². The lowest BCUT2D eigenvalue weighted by molar-refractivity contribution is -0.142. The smallest absolute Gasteiger partial charge is 0.351 e. The van der Waals surface area contributed by atoms with Crippen molar-refractivity contribution in [1.29, 1.82) is 0 Å². The SMILES string of the molecule is CCc1cccc(CC)c1-n1nc2c(c1-c1cc(F)c(NC(N)=O)cc1F)CN(Cc1cc(C(F)(F)F)ccc1C(F)(F)F)CC2. The second kappa shape index (κ2) is 12.4. The van der Waals surface area contributed by atoms with Crippen molar-refractivity contribution in [2.24, 2.45) is 5.73 Å². The van der Waals surface area contributed by atoms with Gasteiger partial charge in [0.05, 0.1) is 33.9 Å². The van der Waals surface area contributed by atoms with E-state index in [1.54, 1.807) is 0 Å². The summed E-state index contributed by atoms with van der Waals surface area (Å²) >= 11 is 0. The maximum Gasteiger partial charge on any atom is 0.416 e. The number of hydrogen-bond donors (Lipinski definition) is 2. The minimum atomic E-state index is -4.90. The number of rotatable bonds is 7. The minimum absolute atomic E-state index is 0.115. The number of alkyl halides is 6. The van der Waals surface area contributed by atoms with E-state index in [1.165, 1.54) is 9.58 Å². The molecule has 14 heteroatoms. The molecule has 244 valence electrons. The Morgan fingerprint density at radius 2 is 1.59 bits per heavy atom. The first-order chi connectivity index (χ1) is 21.6. The lowest BCUT2D eigenvalue weighted by Gasteiger charge is -2.28. The molecule has 46 heavy (non-hydrogen) atoms. The number of aromatic nitrogens is 2. The molecule has 1 aliphatic rings. The van der Waals surface area contributed by atoms with Gasteiger partial charge in [-0.15, -0.1) is 0 Å². The van der Waals surface area contributed by atoms with Crippen LogP contribution in [0.5, 0.6) is 0 Å². The Labute approximate surface area is 258 Å². The third-order valence-corrected chi connectivity index (χ3v) is 7.99. The monoisotopic (exact) mass is 651 g/mol. The van der Waals surface area contributed by atoms with Crippen molar-refractivity contribution in [2.75, 3.05) is 11.9 Å². The van der Waals surface area contributed by atoms with Gasteiger partial charge in [0, 0.05) is 43.2 Å². The largest absolute Gasteiger partial charge is 0.416 e. The molecule has 0 bridgehead atoms. The highest BCUT2D eigenvalue weighted by Gasteiger charge is 2.38. The molecule has 0 aliphatic carbocycles. The second-order valence-electron chi connectivity index (χ2n) is 10.9. The zero-order valence-electron chi connectivity index (χ0n) is 24.7. The van der Waals surface area contributed by atoms with Crippen molar-refractivity contribution in [3.63, 3.8) is 0 Å². The first-order valence-electron chi connectivity index (χ1n) is 14.4. The number of halogens is 8. The zero-order valence-corrected chi connectivity index (χ0v) is 24.7. The maximum absolute atomic E-state index is 15.8. The Kier molecular flexibility index (Phi) is 8.86. The van der Waals surface area contributed by atoms with Gasteiger partial charge in [0.15, 0.2) is 0 Å². The number of nitrogens with one attached hydrogen (secondary N) is 1. The Hall–Kier alpha value is -4.46. The third kappa shape index (κ3) is 6.43. The number of amides is 2. The van der Waals surface area contributed by atoms with Crippen LogP contribution in [0.3, 0.4) is 0 Å². The van der Waals surface area contributed by atoms with Crippen molar-refractivity contribution in [1.82, 2.24) is 14.7 Å². The van der Waals surface area contributed by atoms with Crippen LogP contribution in [0, 0.1) is 11.6 Å². The summed E-state index contributed by atoms with van der Waals surface area (Å²) in [5.74, 6) is -1.93. The average molecular weight is 652 g/mol. The van der Waals surface area contributed by atoms with Gasteiger partial charge in [0.2, 0.25) is 0 Å². The highest BCUT2D eigenvalue weighted by molar-refractivity contribution is 5.88. The Bertz CT molecular complexity index is 1770. The number of benzene rings is 3. The van der Waals surface area contributed by atoms with Crippen molar-refractivity contribution < 1.29 is 39.9 Å². The lowest BCUT2D eigenvalue weighted by atomic mass is 9.97. The number of nitrogens with two attached hydrogens (primary N) is 1. The predicted molar refractivity (Wildman–Crippen MR) is 155 cm³/mol. The van der Waals surface area contributed by atoms with Crippen molar-refractivity contribution >= 4 is 11.7 Å². The molecule has 1 aromatic heterocycles. The summed E-state index contributed by atoms with van der Waals surface area (Å²) in [4.78, 5) is 12.9. The zero-order chi connectivity index (χ0) is 33.6. The van der Waals surface area contributed by atoms with Gasteiger partial charge in [-0.1, -0.05) is 32.0 Å². The number of hydrogen-bond acceptors (Lipinski definition) is 3. The fourth-order valence-electron chi connectivity index (χ4n) is 5.86. The molecular formula is C32H29F8N5O. The molecule has 4 aromatic rings. The van der Waals surface area contributed by atoms with Crippen molar-refractivity contribution in [3.8, 4) is 16.9 Å². The van der Waals surface area contributed by atoms with E-state index >= 15 is 8.78 Å². The van der Waals surface area contributed by atoms with E-state index in [1.807, 2.05) is 37.4 Å². The Morgan fingerprint density at radius 3 is 2.17 bits per heavy atom. The Morgan fingerprint density at radius 1 is 0.913 bits per heavy atom. The van der Waals surface area contributed by atoms with Gasteiger partial charge in [-0.2, -0.15) is 31.4 Å². The van der Waals surface area contributed by atoms with E-state index in [2.05, 4.69) is 0 Å². The van der Waals surface area contributed by atoms with Crippen LogP contribution in [0.15, 0.2) is 48.5 Å². The molecule has 5 rings (SSSR count). The molecule has 0 radical (unpaired) electrons. The van der Waals surface area contributed by atoms with Crippen LogP contribution in [0.25, 0.3) is 16.9 Å². The number of anilines is 1. The number of nitrogens with zero attached hydrogens (tertiary/aromatic N) is 3. The molecule has 0 fully saturated rings. The van der Waals surface area contributed by atoms with Crippen LogP contribution in [-0.4, -0.2) is 27.3 Å². The molecule has 0 saturated heterocycles. The minimum Gasteiger partial charge on any atom is -0.351 e. The molecule has 1 aliphatic heterocycles. The van der Waals surface area contributed by atoms with Crippen LogP contribution in [0.2, 0.25) is 0 Å². The number of para-hydroxylation sites is 1. The molecule has 3 aromatic carbocycles.